The van der Waals surface area contributed by atoms with E-state index in [0.717, 1.165) is 24.9 Å². The Morgan fingerprint density at radius 3 is 3.05 bits per heavy atom. The Kier molecular flexibility index (Phi) is 4.41. The summed E-state index contributed by atoms with van der Waals surface area (Å²) in [6.45, 7) is 1.46. The summed E-state index contributed by atoms with van der Waals surface area (Å²) < 4.78 is 4.81. The summed E-state index contributed by atoms with van der Waals surface area (Å²) in [5.41, 5.74) is 1.47. The van der Waals surface area contributed by atoms with Crippen LogP contribution in [0.25, 0.3) is 0 Å². The number of carbonyl (C=O) groups excluding carboxylic acids is 1. The van der Waals surface area contributed by atoms with Crippen molar-refractivity contribution in [3.63, 3.8) is 0 Å². The molecule has 0 spiro atoms. The summed E-state index contributed by atoms with van der Waals surface area (Å²) in [4.78, 5) is 13.7. The van der Waals surface area contributed by atoms with Gasteiger partial charge in [0.05, 0.1) is 18.7 Å². The SMILES string of the molecule is COC(=O)C1CCCN1Cc1ccc(C#N)cc1Cl. The normalized spacial score (nSPS) is 19.1. The van der Waals surface area contributed by atoms with Crippen molar-refractivity contribution in [1.82, 2.24) is 4.90 Å². The first-order valence-electron chi connectivity index (χ1n) is 6.16. The molecule has 1 saturated heterocycles. The van der Waals surface area contributed by atoms with E-state index in [-0.39, 0.29) is 12.0 Å². The van der Waals surface area contributed by atoms with E-state index in [0.29, 0.717) is 17.1 Å². The lowest BCUT2D eigenvalue weighted by atomic mass is 10.1. The Labute approximate surface area is 117 Å². The molecular formula is C14H15ClN2O2. The van der Waals surface area contributed by atoms with E-state index in [1.807, 2.05) is 6.07 Å². The fourth-order valence-corrected chi connectivity index (χ4v) is 2.62. The third kappa shape index (κ3) is 3.06. The summed E-state index contributed by atoms with van der Waals surface area (Å²) in [5.74, 6) is -0.192. The standard InChI is InChI=1S/C14H15ClN2O2/c1-19-14(18)13-3-2-6-17(13)9-11-5-4-10(8-16)7-12(11)15/h4-5,7,13H,2-3,6,9H2,1H3. The summed E-state index contributed by atoms with van der Waals surface area (Å²) in [6.07, 6.45) is 1.80. The number of hydrogen-bond donors (Lipinski definition) is 0. The molecule has 1 aliphatic heterocycles. The topological polar surface area (TPSA) is 53.3 Å². The van der Waals surface area contributed by atoms with Crippen LogP contribution in [-0.2, 0) is 16.1 Å². The van der Waals surface area contributed by atoms with Crippen molar-refractivity contribution in [3.8, 4) is 6.07 Å². The number of methoxy groups -OCH3 is 1. The van der Waals surface area contributed by atoms with Gasteiger partial charge in [0.2, 0.25) is 0 Å². The zero-order valence-electron chi connectivity index (χ0n) is 10.7. The molecule has 1 aromatic carbocycles. The summed E-state index contributed by atoms with van der Waals surface area (Å²) in [7, 11) is 1.41. The third-order valence-electron chi connectivity index (χ3n) is 3.39. The highest BCUT2D eigenvalue weighted by molar-refractivity contribution is 6.31. The summed E-state index contributed by atoms with van der Waals surface area (Å²) >= 11 is 6.15. The van der Waals surface area contributed by atoms with Gasteiger partial charge < -0.3 is 4.74 Å². The molecule has 1 heterocycles. The molecule has 5 heteroatoms. The highest BCUT2D eigenvalue weighted by Crippen LogP contribution is 2.25. The molecule has 100 valence electrons. The van der Waals surface area contributed by atoms with Crippen molar-refractivity contribution in [3.05, 3.63) is 34.3 Å². The second-order valence-corrected chi connectivity index (χ2v) is 4.98. The van der Waals surface area contributed by atoms with Crippen LogP contribution in [0.15, 0.2) is 18.2 Å². The molecule has 0 aromatic heterocycles. The molecule has 0 saturated carbocycles. The number of ether oxygens (including phenoxy) is 1. The Balaban J connectivity index is 2.12. The Morgan fingerprint density at radius 1 is 1.63 bits per heavy atom. The maximum Gasteiger partial charge on any atom is 0.323 e. The van der Waals surface area contributed by atoms with Crippen LogP contribution in [0.5, 0.6) is 0 Å². The molecule has 0 radical (unpaired) electrons. The highest BCUT2D eigenvalue weighted by atomic mass is 35.5. The van der Waals surface area contributed by atoms with Gasteiger partial charge in [0, 0.05) is 11.6 Å². The molecule has 1 aromatic rings. The molecule has 0 N–H and O–H groups in total. The molecule has 4 nitrogen and oxygen atoms in total. The van der Waals surface area contributed by atoms with E-state index >= 15 is 0 Å². The lowest BCUT2D eigenvalue weighted by Gasteiger charge is -2.22. The molecule has 0 amide bonds. The Bertz CT molecular complexity index is 525. The van der Waals surface area contributed by atoms with Gasteiger partial charge >= 0.3 is 5.97 Å². The molecule has 0 bridgehead atoms. The minimum absolute atomic E-state index is 0.184. The number of hydrogen-bond acceptors (Lipinski definition) is 4. The molecular weight excluding hydrogens is 264 g/mol. The quantitative estimate of drug-likeness (QED) is 0.797. The highest BCUT2D eigenvalue weighted by Gasteiger charge is 2.31. The van der Waals surface area contributed by atoms with E-state index in [4.69, 9.17) is 21.6 Å². The molecule has 1 aliphatic rings. The van der Waals surface area contributed by atoms with Crippen molar-refractivity contribution < 1.29 is 9.53 Å². The minimum Gasteiger partial charge on any atom is -0.468 e. The number of nitriles is 1. The van der Waals surface area contributed by atoms with Crippen LogP contribution in [0.3, 0.4) is 0 Å². The first-order chi connectivity index (χ1) is 9.15. The van der Waals surface area contributed by atoms with Crippen LogP contribution in [0.2, 0.25) is 5.02 Å². The predicted octanol–water partition coefficient (Wildman–Crippen LogP) is 2.35. The molecule has 1 atom stereocenters. The second-order valence-electron chi connectivity index (χ2n) is 4.57. The van der Waals surface area contributed by atoms with Crippen LogP contribution >= 0.6 is 11.6 Å². The van der Waals surface area contributed by atoms with Gasteiger partial charge in [-0.25, -0.2) is 0 Å². The number of esters is 1. The van der Waals surface area contributed by atoms with E-state index < -0.39 is 0 Å². The lowest BCUT2D eigenvalue weighted by molar-refractivity contribution is -0.146. The van der Waals surface area contributed by atoms with Crippen LogP contribution in [0.4, 0.5) is 0 Å². The Morgan fingerprint density at radius 2 is 2.42 bits per heavy atom. The van der Waals surface area contributed by atoms with Gasteiger partial charge in [0.15, 0.2) is 0 Å². The van der Waals surface area contributed by atoms with Gasteiger partial charge in [-0.15, -0.1) is 0 Å². The number of carbonyl (C=O) groups is 1. The smallest absolute Gasteiger partial charge is 0.323 e. The van der Waals surface area contributed by atoms with Gasteiger partial charge in [-0.3, -0.25) is 9.69 Å². The van der Waals surface area contributed by atoms with Gasteiger partial charge in [-0.2, -0.15) is 5.26 Å². The van der Waals surface area contributed by atoms with Crippen LogP contribution in [-0.4, -0.2) is 30.6 Å². The van der Waals surface area contributed by atoms with Crippen LogP contribution < -0.4 is 0 Å². The van der Waals surface area contributed by atoms with Gasteiger partial charge in [-0.1, -0.05) is 17.7 Å². The summed E-state index contributed by atoms with van der Waals surface area (Å²) in [5, 5.41) is 9.37. The number of likely N-dealkylation sites (tertiary alicyclic amines) is 1. The first kappa shape index (κ1) is 13.9. The third-order valence-corrected chi connectivity index (χ3v) is 3.74. The number of nitrogens with zero attached hydrogens (tertiary/aromatic N) is 2. The monoisotopic (exact) mass is 278 g/mol. The summed E-state index contributed by atoms with van der Waals surface area (Å²) in [6, 6.07) is 7.10. The van der Waals surface area contributed by atoms with E-state index in [1.54, 1.807) is 12.1 Å². The zero-order valence-corrected chi connectivity index (χ0v) is 11.5. The molecule has 2 rings (SSSR count). The number of halogens is 1. The lowest BCUT2D eigenvalue weighted by Crippen LogP contribution is -2.36. The van der Waals surface area contributed by atoms with Crippen molar-refractivity contribution in [1.29, 1.82) is 5.26 Å². The van der Waals surface area contributed by atoms with Gasteiger partial charge in [-0.05, 0) is 37.1 Å². The van der Waals surface area contributed by atoms with Crippen molar-refractivity contribution in [2.45, 2.75) is 25.4 Å². The van der Waals surface area contributed by atoms with Crippen LogP contribution in [0, 0.1) is 11.3 Å². The van der Waals surface area contributed by atoms with E-state index in [2.05, 4.69) is 11.0 Å². The maximum atomic E-state index is 11.7. The largest absolute Gasteiger partial charge is 0.468 e. The van der Waals surface area contributed by atoms with Crippen LogP contribution in [0.1, 0.15) is 24.0 Å². The van der Waals surface area contributed by atoms with E-state index in [9.17, 15) is 4.79 Å². The number of rotatable bonds is 3. The average Bonchev–Trinajstić information content (AvgIpc) is 2.88. The molecule has 1 fully saturated rings. The second kappa shape index (κ2) is 6.05. The van der Waals surface area contributed by atoms with Gasteiger partial charge in [0.1, 0.15) is 6.04 Å². The molecule has 0 aliphatic carbocycles. The van der Waals surface area contributed by atoms with Crippen molar-refractivity contribution in [2.24, 2.45) is 0 Å². The average molecular weight is 279 g/mol. The van der Waals surface area contributed by atoms with Crippen molar-refractivity contribution >= 4 is 17.6 Å². The minimum atomic E-state index is -0.192. The fourth-order valence-electron chi connectivity index (χ4n) is 2.38. The fraction of sp³-hybridized carbons (Fsp3) is 0.429. The molecule has 1 unspecified atom stereocenters. The zero-order chi connectivity index (χ0) is 13.8. The Hall–Kier alpha value is -1.57. The van der Waals surface area contributed by atoms with Gasteiger partial charge in [0.25, 0.3) is 0 Å². The predicted molar refractivity (Wildman–Crippen MR) is 71.6 cm³/mol. The van der Waals surface area contributed by atoms with E-state index in [1.165, 1.54) is 7.11 Å². The van der Waals surface area contributed by atoms with Crippen molar-refractivity contribution in [2.75, 3.05) is 13.7 Å². The maximum absolute atomic E-state index is 11.7. The number of benzene rings is 1. The first-order valence-corrected chi connectivity index (χ1v) is 6.54. The molecule has 19 heavy (non-hydrogen) atoms.